The molecule has 7 heteroatoms. The summed E-state index contributed by atoms with van der Waals surface area (Å²) < 4.78 is 4.84. The Morgan fingerprint density at radius 1 is 1.14 bits per heavy atom. The van der Waals surface area contributed by atoms with E-state index in [1.54, 1.807) is 7.05 Å². The van der Waals surface area contributed by atoms with Crippen molar-refractivity contribution in [2.75, 3.05) is 11.4 Å². The maximum atomic E-state index is 13.2. The molecule has 0 aliphatic carbocycles. The molecule has 0 saturated heterocycles. The molecule has 4 rings (SSSR count). The molecule has 0 amide bonds. The van der Waals surface area contributed by atoms with E-state index in [-0.39, 0.29) is 17.2 Å². The van der Waals surface area contributed by atoms with Gasteiger partial charge in [0, 0.05) is 32.4 Å². The van der Waals surface area contributed by atoms with Gasteiger partial charge in [-0.05, 0) is 30.9 Å². The lowest BCUT2D eigenvalue weighted by atomic mass is 10.1. The topological polar surface area (TPSA) is 65.1 Å². The second kappa shape index (κ2) is 6.65. The predicted octanol–water partition coefficient (Wildman–Crippen LogP) is 2.65. The molecule has 28 heavy (non-hydrogen) atoms. The molecule has 2 aromatic heterocycles. The van der Waals surface area contributed by atoms with Gasteiger partial charge in [0.15, 0.2) is 11.2 Å². The van der Waals surface area contributed by atoms with Gasteiger partial charge in [-0.1, -0.05) is 38.5 Å². The van der Waals surface area contributed by atoms with Crippen molar-refractivity contribution in [2.45, 2.75) is 40.8 Å². The van der Waals surface area contributed by atoms with Crippen LogP contribution in [0.5, 0.6) is 0 Å². The maximum absolute atomic E-state index is 13.2. The van der Waals surface area contributed by atoms with Crippen LogP contribution in [0.1, 0.15) is 26.3 Å². The molecule has 0 radical (unpaired) electrons. The standard InChI is InChI=1S/C21H27N5O2/c1-13(2)10-26-19(27)17-18(23(5)21(26)28)22-20-24(11-15(4)12-25(17)20)16-8-6-14(3)7-9-16/h6-9,13,15H,10-12H2,1-5H3/t15-/m0/s1. The average molecular weight is 381 g/mol. The summed E-state index contributed by atoms with van der Waals surface area (Å²) in [6, 6.07) is 8.31. The Morgan fingerprint density at radius 3 is 2.46 bits per heavy atom. The molecule has 3 heterocycles. The van der Waals surface area contributed by atoms with Crippen LogP contribution in [0.15, 0.2) is 33.9 Å². The number of hydrogen-bond donors (Lipinski definition) is 0. The summed E-state index contributed by atoms with van der Waals surface area (Å²) in [5.74, 6) is 1.28. The lowest BCUT2D eigenvalue weighted by Gasteiger charge is -2.33. The van der Waals surface area contributed by atoms with E-state index in [0.29, 0.717) is 30.2 Å². The van der Waals surface area contributed by atoms with Crippen molar-refractivity contribution in [1.82, 2.24) is 18.7 Å². The smallest absolute Gasteiger partial charge is 0.312 e. The highest BCUT2D eigenvalue weighted by atomic mass is 16.2. The van der Waals surface area contributed by atoms with Gasteiger partial charge in [0.1, 0.15) is 0 Å². The number of benzene rings is 1. The first-order chi connectivity index (χ1) is 13.3. The van der Waals surface area contributed by atoms with Crippen LogP contribution in [0.3, 0.4) is 0 Å². The summed E-state index contributed by atoms with van der Waals surface area (Å²) in [5.41, 5.74) is 2.65. The lowest BCUT2D eigenvalue weighted by Crippen LogP contribution is -2.41. The Morgan fingerprint density at radius 2 is 1.82 bits per heavy atom. The monoisotopic (exact) mass is 381 g/mol. The minimum Gasteiger partial charge on any atom is -0.312 e. The van der Waals surface area contributed by atoms with E-state index >= 15 is 0 Å². The van der Waals surface area contributed by atoms with Crippen LogP contribution in [0, 0.1) is 18.8 Å². The predicted molar refractivity (Wildman–Crippen MR) is 111 cm³/mol. The number of nitrogens with zero attached hydrogens (tertiary/aromatic N) is 5. The molecule has 0 N–H and O–H groups in total. The van der Waals surface area contributed by atoms with E-state index in [1.165, 1.54) is 14.7 Å². The number of aromatic nitrogens is 4. The number of hydrogen-bond acceptors (Lipinski definition) is 4. The van der Waals surface area contributed by atoms with Crippen molar-refractivity contribution < 1.29 is 0 Å². The summed E-state index contributed by atoms with van der Waals surface area (Å²) in [7, 11) is 1.69. The zero-order valence-corrected chi connectivity index (χ0v) is 17.1. The minimum atomic E-state index is -0.309. The lowest BCUT2D eigenvalue weighted by molar-refractivity contribution is 0.454. The summed E-state index contributed by atoms with van der Waals surface area (Å²) in [6.45, 7) is 10.2. The quantitative estimate of drug-likeness (QED) is 0.700. The first-order valence-electron chi connectivity index (χ1n) is 9.82. The molecule has 3 aromatic rings. The Balaban J connectivity index is 1.99. The first-order valence-corrected chi connectivity index (χ1v) is 9.82. The second-order valence-electron chi connectivity index (χ2n) is 8.40. The second-order valence-corrected chi connectivity index (χ2v) is 8.40. The van der Waals surface area contributed by atoms with Gasteiger partial charge in [0.25, 0.3) is 5.56 Å². The number of anilines is 2. The Kier molecular flexibility index (Phi) is 4.40. The summed E-state index contributed by atoms with van der Waals surface area (Å²) in [4.78, 5) is 32.9. The van der Waals surface area contributed by atoms with Crippen LogP contribution < -0.4 is 16.1 Å². The van der Waals surface area contributed by atoms with Crippen molar-refractivity contribution in [3.63, 3.8) is 0 Å². The van der Waals surface area contributed by atoms with E-state index in [0.717, 1.165) is 18.2 Å². The fourth-order valence-electron chi connectivity index (χ4n) is 3.97. The molecule has 7 nitrogen and oxygen atoms in total. The van der Waals surface area contributed by atoms with Crippen LogP contribution in [0.25, 0.3) is 11.2 Å². The molecular formula is C21H27N5O2. The van der Waals surface area contributed by atoms with Gasteiger partial charge in [-0.3, -0.25) is 13.9 Å². The summed E-state index contributed by atoms with van der Waals surface area (Å²) in [5, 5.41) is 0. The highest BCUT2D eigenvalue weighted by Gasteiger charge is 2.29. The minimum absolute atomic E-state index is 0.203. The molecule has 1 aliphatic heterocycles. The first kappa shape index (κ1) is 18.5. The Labute approximate surface area is 163 Å². The van der Waals surface area contributed by atoms with Crippen molar-refractivity contribution >= 4 is 22.8 Å². The van der Waals surface area contributed by atoms with E-state index in [4.69, 9.17) is 4.98 Å². The van der Waals surface area contributed by atoms with E-state index in [1.807, 2.05) is 18.4 Å². The molecular weight excluding hydrogens is 354 g/mol. The third-order valence-corrected chi connectivity index (χ3v) is 5.34. The zero-order chi connectivity index (χ0) is 20.2. The number of rotatable bonds is 3. The molecule has 1 aliphatic rings. The van der Waals surface area contributed by atoms with Crippen LogP contribution in [-0.4, -0.2) is 25.2 Å². The maximum Gasteiger partial charge on any atom is 0.332 e. The molecule has 0 unspecified atom stereocenters. The largest absolute Gasteiger partial charge is 0.332 e. The molecule has 1 atom stereocenters. The third kappa shape index (κ3) is 2.85. The van der Waals surface area contributed by atoms with Gasteiger partial charge in [0.2, 0.25) is 5.95 Å². The number of aryl methyl sites for hydroxylation is 2. The van der Waals surface area contributed by atoms with Crippen LogP contribution in [0.2, 0.25) is 0 Å². The molecule has 0 fully saturated rings. The van der Waals surface area contributed by atoms with E-state index in [2.05, 4.69) is 43.0 Å². The Hall–Kier alpha value is -2.83. The van der Waals surface area contributed by atoms with Gasteiger partial charge < -0.3 is 9.47 Å². The fourth-order valence-corrected chi connectivity index (χ4v) is 3.97. The molecule has 148 valence electrons. The van der Waals surface area contributed by atoms with Crippen LogP contribution >= 0.6 is 0 Å². The van der Waals surface area contributed by atoms with Crippen molar-refractivity contribution in [3.05, 3.63) is 50.7 Å². The molecule has 0 saturated carbocycles. The van der Waals surface area contributed by atoms with E-state index < -0.39 is 0 Å². The van der Waals surface area contributed by atoms with Crippen molar-refractivity contribution in [2.24, 2.45) is 18.9 Å². The number of fused-ring (bicyclic) bond motifs is 3. The van der Waals surface area contributed by atoms with E-state index in [9.17, 15) is 9.59 Å². The fraction of sp³-hybridized carbons (Fsp3) is 0.476. The van der Waals surface area contributed by atoms with Gasteiger partial charge >= 0.3 is 5.69 Å². The SMILES string of the molecule is Cc1ccc(N2C[C@H](C)Cn3c2nc2c3c(=O)n(CC(C)C)c(=O)n2C)cc1. The van der Waals surface area contributed by atoms with Crippen molar-refractivity contribution in [3.8, 4) is 0 Å². The average Bonchev–Trinajstić information content (AvgIpc) is 3.03. The van der Waals surface area contributed by atoms with Gasteiger partial charge in [-0.15, -0.1) is 0 Å². The Bertz CT molecular complexity index is 1150. The number of imidazole rings is 1. The molecule has 1 aromatic carbocycles. The molecule has 0 bridgehead atoms. The molecule has 0 spiro atoms. The van der Waals surface area contributed by atoms with Crippen LogP contribution in [0.4, 0.5) is 11.6 Å². The van der Waals surface area contributed by atoms with Crippen molar-refractivity contribution in [1.29, 1.82) is 0 Å². The summed E-state index contributed by atoms with van der Waals surface area (Å²) in [6.07, 6.45) is 0. The highest BCUT2D eigenvalue weighted by Crippen LogP contribution is 2.32. The van der Waals surface area contributed by atoms with Gasteiger partial charge in [-0.2, -0.15) is 4.98 Å². The normalized spacial score (nSPS) is 16.8. The highest BCUT2D eigenvalue weighted by molar-refractivity contribution is 5.77. The van der Waals surface area contributed by atoms with Gasteiger partial charge in [0.05, 0.1) is 0 Å². The summed E-state index contributed by atoms with van der Waals surface area (Å²) >= 11 is 0. The third-order valence-electron chi connectivity index (χ3n) is 5.34. The van der Waals surface area contributed by atoms with Gasteiger partial charge in [-0.25, -0.2) is 4.79 Å². The van der Waals surface area contributed by atoms with Crippen LogP contribution in [-0.2, 0) is 20.1 Å². The zero-order valence-electron chi connectivity index (χ0n) is 17.1.